The van der Waals surface area contributed by atoms with Crippen LogP contribution < -0.4 is 5.73 Å². The number of aromatic nitrogens is 2. The molecule has 0 aliphatic rings. The molecule has 1 atom stereocenters. The van der Waals surface area contributed by atoms with E-state index in [0.29, 0.717) is 16.8 Å². The maximum atomic E-state index is 13.9. The zero-order valence-corrected chi connectivity index (χ0v) is 11.3. The summed E-state index contributed by atoms with van der Waals surface area (Å²) in [5.41, 5.74) is 6.97. The molecule has 0 bridgehead atoms. The molecule has 0 radical (unpaired) electrons. The molecule has 0 aliphatic heterocycles. The van der Waals surface area contributed by atoms with Crippen molar-refractivity contribution < 1.29 is 13.9 Å². The number of benzene rings is 1. The van der Waals surface area contributed by atoms with Gasteiger partial charge in [0.1, 0.15) is 5.82 Å². The van der Waals surface area contributed by atoms with Gasteiger partial charge in [-0.1, -0.05) is 6.07 Å². The quantitative estimate of drug-likeness (QED) is 0.870. The molecule has 2 N–H and O–H groups in total. The van der Waals surface area contributed by atoms with E-state index in [1.807, 2.05) is 0 Å². The second-order valence-corrected chi connectivity index (χ2v) is 4.36. The van der Waals surface area contributed by atoms with Crippen molar-refractivity contribution >= 4 is 5.97 Å². The van der Waals surface area contributed by atoms with Crippen molar-refractivity contribution in [2.45, 2.75) is 19.9 Å². The molecule has 1 unspecified atom stereocenters. The molecule has 0 fully saturated rings. The second-order valence-electron chi connectivity index (χ2n) is 4.36. The maximum Gasteiger partial charge on any atom is 0.341 e. The summed E-state index contributed by atoms with van der Waals surface area (Å²) < 4.78 is 20.2. The predicted octanol–water partition coefficient (Wildman–Crippen LogP) is 2.21. The molecule has 2 aromatic rings. The zero-order valence-electron chi connectivity index (χ0n) is 11.3. The van der Waals surface area contributed by atoms with Crippen molar-refractivity contribution in [3.8, 4) is 5.69 Å². The number of nitrogens with zero attached hydrogens (tertiary/aromatic N) is 2. The van der Waals surface area contributed by atoms with Gasteiger partial charge in [0, 0.05) is 17.8 Å². The van der Waals surface area contributed by atoms with Gasteiger partial charge in [-0.2, -0.15) is 5.10 Å². The van der Waals surface area contributed by atoms with E-state index in [9.17, 15) is 9.18 Å². The van der Waals surface area contributed by atoms with Gasteiger partial charge in [0.2, 0.25) is 0 Å². The monoisotopic (exact) mass is 277 g/mol. The van der Waals surface area contributed by atoms with Crippen LogP contribution in [-0.4, -0.2) is 22.4 Å². The van der Waals surface area contributed by atoms with Gasteiger partial charge in [-0.15, -0.1) is 0 Å². The summed E-state index contributed by atoms with van der Waals surface area (Å²) >= 11 is 0. The molecule has 20 heavy (non-hydrogen) atoms. The topological polar surface area (TPSA) is 70.1 Å². The smallest absolute Gasteiger partial charge is 0.341 e. The van der Waals surface area contributed by atoms with Crippen molar-refractivity contribution in [3.05, 3.63) is 47.5 Å². The van der Waals surface area contributed by atoms with Crippen LogP contribution in [-0.2, 0) is 4.74 Å². The van der Waals surface area contributed by atoms with Crippen LogP contribution in [0.4, 0.5) is 4.39 Å². The molecule has 1 aromatic heterocycles. The maximum absolute atomic E-state index is 13.9. The molecule has 0 spiro atoms. The lowest BCUT2D eigenvalue weighted by molar-refractivity contribution is 0.0526. The highest BCUT2D eigenvalue weighted by molar-refractivity contribution is 5.88. The third-order valence-corrected chi connectivity index (χ3v) is 2.83. The summed E-state index contributed by atoms with van der Waals surface area (Å²) in [6.45, 7) is 3.70. The van der Waals surface area contributed by atoms with Crippen LogP contribution in [0.15, 0.2) is 30.6 Å². The first-order valence-electron chi connectivity index (χ1n) is 6.30. The molecule has 0 amide bonds. The second kappa shape index (κ2) is 5.83. The summed E-state index contributed by atoms with van der Waals surface area (Å²) in [6.07, 6.45) is 2.88. The van der Waals surface area contributed by atoms with Gasteiger partial charge in [0.15, 0.2) is 0 Å². The zero-order chi connectivity index (χ0) is 14.7. The van der Waals surface area contributed by atoms with E-state index >= 15 is 0 Å². The summed E-state index contributed by atoms with van der Waals surface area (Å²) in [6, 6.07) is 4.13. The molecule has 1 heterocycles. The summed E-state index contributed by atoms with van der Waals surface area (Å²) in [7, 11) is 0. The minimum absolute atomic E-state index is 0.287. The van der Waals surface area contributed by atoms with Crippen LogP contribution in [0.3, 0.4) is 0 Å². The molecular formula is C14H16FN3O2. The van der Waals surface area contributed by atoms with E-state index in [1.165, 1.54) is 23.1 Å². The SMILES string of the molecule is CCOC(=O)c1cnn(-c2cccc(F)c2C(C)N)c1. The van der Waals surface area contributed by atoms with E-state index in [1.54, 1.807) is 26.0 Å². The van der Waals surface area contributed by atoms with E-state index in [0.717, 1.165) is 0 Å². The van der Waals surface area contributed by atoms with Crippen molar-refractivity contribution in [3.63, 3.8) is 0 Å². The Labute approximate surface area is 116 Å². The Morgan fingerprint density at radius 2 is 2.30 bits per heavy atom. The summed E-state index contributed by atoms with van der Waals surface area (Å²) in [4.78, 5) is 11.6. The van der Waals surface area contributed by atoms with Gasteiger partial charge in [-0.3, -0.25) is 0 Å². The fourth-order valence-corrected chi connectivity index (χ4v) is 1.95. The van der Waals surface area contributed by atoms with Crippen molar-refractivity contribution in [2.24, 2.45) is 5.73 Å². The lowest BCUT2D eigenvalue weighted by atomic mass is 10.1. The number of halogens is 1. The van der Waals surface area contributed by atoms with Crippen molar-refractivity contribution in [1.82, 2.24) is 9.78 Å². The standard InChI is InChI=1S/C14H16FN3O2/c1-3-20-14(19)10-7-17-18(8-10)12-6-4-5-11(15)13(12)9(2)16/h4-9H,3,16H2,1-2H3. The molecule has 5 nitrogen and oxygen atoms in total. The summed E-state index contributed by atoms with van der Waals surface area (Å²) in [5.74, 6) is -0.858. The molecule has 0 saturated carbocycles. The first kappa shape index (κ1) is 14.2. The van der Waals surface area contributed by atoms with E-state index < -0.39 is 17.8 Å². The number of carbonyl (C=O) groups excluding carboxylic acids is 1. The highest BCUT2D eigenvalue weighted by atomic mass is 19.1. The highest BCUT2D eigenvalue weighted by Gasteiger charge is 2.16. The molecule has 0 saturated heterocycles. The largest absolute Gasteiger partial charge is 0.462 e. The van der Waals surface area contributed by atoms with Crippen LogP contribution in [0.25, 0.3) is 5.69 Å². The van der Waals surface area contributed by atoms with E-state index in [2.05, 4.69) is 5.10 Å². The molecule has 1 aromatic carbocycles. The summed E-state index contributed by atoms with van der Waals surface area (Å²) in [5, 5.41) is 4.07. The minimum Gasteiger partial charge on any atom is -0.462 e. The first-order chi connectivity index (χ1) is 9.54. The highest BCUT2D eigenvalue weighted by Crippen LogP contribution is 2.23. The molecule has 2 rings (SSSR count). The van der Waals surface area contributed by atoms with Crippen molar-refractivity contribution in [2.75, 3.05) is 6.61 Å². The number of rotatable bonds is 4. The molecule has 106 valence electrons. The number of nitrogens with two attached hydrogens (primary N) is 1. The number of esters is 1. The minimum atomic E-state index is -0.485. The fraction of sp³-hybridized carbons (Fsp3) is 0.286. The Kier molecular flexibility index (Phi) is 4.14. The first-order valence-corrected chi connectivity index (χ1v) is 6.30. The van der Waals surface area contributed by atoms with Gasteiger partial charge < -0.3 is 10.5 Å². The Morgan fingerprint density at radius 1 is 1.55 bits per heavy atom. The third kappa shape index (κ3) is 2.70. The Hall–Kier alpha value is -2.21. The average Bonchev–Trinajstić information content (AvgIpc) is 2.87. The van der Waals surface area contributed by atoms with Gasteiger partial charge >= 0.3 is 5.97 Å². The number of hydrogen-bond acceptors (Lipinski definition) is 4. The Bertz CT molecular complexity index is 623. The average molecular weight is 277 g/mol. The van der Waals surface area contributed by atoms with Gasteiger partial charge in [0.25, 0.3) is 0 Å². The van der Waals surface area contributed by atoms with Gasteiger partial charge in [-0.25, -0.2) is 13.9 Å². The number of hydrogen-bond donors (Lipinski definition) is 1. The Balaban J connectivity index is 2.43. The van der Waals surface area contributed by atoms with E-state index in [4.69, 9.17) is 10.5 Å². The molecular weight excluding hydrogens is 261 g/mol. The van der Waals surface area contributed by atoms with Crippen LogP contribution in [0, 0.1) is 5.82 Å². The van der Waals surface area contributed by atoms with Crippen LogP contribution >= 0.6 is 0 Å². The van der Waals surface area contributed by atoms with Crippen LogP contribution in [0.1, 0.15) is 35.8 Å². The lowest BCUT2D eigenvalue weighted by Crippen LogP contribution is -2.12. The fourth-order valence-electron chi connectivity index (χ4n) is 1.95. The Morgan fingerprint density at radius 3 is 2.95 bits per heavy atom. The van der Waals surface area contributed by atoms with Gasteiger partial charge in [0.05, 0.1) is 24.1 Å². The van der Waals surface area contributed by atoms with E-state index in [-0.39, 0.29) is 6.61 Å². The van der Waals surface area contributed by atoms with Crippen LogP contribution in [0.5, 0.6) is 0 Å². The normalized spacial score (nSPS) is 12.2. The third-order valence-electron chi connectivity index (χ3n) is 2.83. The lowest BCUT2D eigenvalue weighted by Gasteiger charge is -2.13. The molecule has 6 heteroatoms. The van der Waals surface area contributed by atoms with Crippen LogP contribution in [0.2, 0.25) is 0 Å². The number of ether oxygens (including phenoxy) is 1. The molecule has 0 aliphatic carbocycles. The number of carbonyl (C=O) groups is 1. The van der Waals surface area contributed by atoms with Crippen molar-refractivity contribution in [1.29, 1.82) is 0 Å². The van der Waals surface area contributed by atoms with Gasteiger partial charge in [-0.05, 0) is 26.0 Å². The predicted molar refractivity (Wildman–Crippen MR) is 72.1 cm³/mol.